The second kappa shape index (κ2) is 5.44. The van der Waals surface area contributed by atoms with Crippen molar-refractivity contribution in [1.82, 2.24) is 5.32 Å². The maximum absolute atomic E-state index is 11.2. The summed E-state index contributed by atoms with van der Waals surface area (Å²) in [6.07, 6.45) is 2.17. The highest BCUT2D eigenvalue weighted by Crippen LogP contribution is 2.24. The van der Waals surface area contributed by atoms with Crippen molar-refractivity contribution in [2.24, 2.45) is 11.3 Å². The van der Waals surface area contributed by atoms with Crippen LogP contribution in [0.2, 0.25) is 0 Å². The predicted molar refractivity (Wildman–Crippen MR) is 67.5 cm³/mol. The molecule has 0 aliphatic carbocycles. The molecule has 15 heavy (non-hydrogen) atoms. The summed E-state index contributed by atoms with van der Waals surface area (Å²) in [6, 6.07) is 0.604. The van der Waals surface area contributed by atoms with Crippen molar-refractivity contribution in [2.75, 3.05) is 18.1 Å². The Balaban J connectivity index is 2.23. The molecule has 0 radical (unpaired) electrons. The van der Waals surface area contributed by atoms with Crippen LogP contribution in [-0.2, 0) is 10.8 Å². The van der Waals surface area contributed by atoms with Gasteiger partial charge in [-0.1, -0.05) is 27.7 Å². The summed E-state index contributed by atoms with van der Waals surface area (Å²) in [6.45, 7) is 10.2. The van der Waals surface area contributed by atoms with Gasteiger partial charge in [0.15, 0.2) is 0 Å². The van der Waals surface area contributed by atoms with E-state index < -0.39 is 10.8 Å². The number of rotatable bonds is 3. The zero-order chi connectivity index (χ0) is 11.5. The van der Waals surface area contributed by atoms with Crippen molar-refractivity contribution < 1.29 is 4.21 Å². The van der Waals surface area contributed by atoms with Gasteiger partial charge in [0.05, 0.1) is 0 Å². The second-order valence-corrected chi connectivity index (χ2v) is 7.49. The molecule has 1 unspecified atom stereocenters. The third kappa shape index (κ3) is 4.64. The van der Waals surface area contributed by atoms with Crippen LogP contribution >= 0.6 is 0 Å². The predicted octanol–water partition coefficient (Wildman–Crippen LogP) is 2.17. The average molecular weight is 231 g/mol. The zero-order valence-corrected chi connectivity index (χ0v) is 11.3. The first-order valence-corrected chi connectivity index (χ1v) is 7.47. The van der Waals surface area contributed by atoms with E-state index in [0.717, 1.165) is 30.9 Å². The summed E-state index contributed by atoms with van der Waals surface area (Å²) in [5, 5.41) is 3.61. The number of hydrogen-bond donors (Lipinski definition) is 1. The highest BCUT2D eigenvalue weighted by atomic mass is 32.2. The van der Waals surface area contributed by atoms with Crippen molar-refractivity contribution in [3.63, 3.8) is 0 Å². The lowest BCUT2D eigenvalue weighted by molar-refractivity contribution is 0.243. The molecule has 1 aliphatic rings. The van der Waals surface area contributed by atoms with E-state index in [0.29, 0.717) is 17.4 Å². The molecule has 1 aliphatic heterocycles. The molecule has 0 aromatic heterocycles. The quantitative estimate of drug-likeness (QED) is 0.806. The highest BCUT2D eigenvalue weighted by molar-refractivity contribution is 7.85. The molecule has 90 valence electrons. The molecule has 0 amide bonds. The van der Waals surface area contributed by atoms with Gasteiger partial charge in [0, 0.05) is 28.3 Å². The smallest absolute Gasteiger partial charge is 0.0249 e. The minimum atomic E-state index is -0.532. The van der Waals surface area contributed by atoms with E-state index in [4.69, 9.17) is 0 Å². The maximum atomic E-state index is 11.2. The third-order valence-electron chi connectivity index (χ3n) is 3.58. The fourth-order valence-electron chi connectivity index (χ4n) is 1.65. The fraction of sp³-hybridized carbons (Fsp3) is 1.00. The topological polar surface area (TPSA) is 29.1 Å². The third-order valence-corrected chi connectivity index (χ3v) is 4.96. The monoisotopic (exact) mass is 231 g/mol. The molecule has 0 aromatic carbocycles. The van der Waals surface area contributed by atoms with Crippen molar-refractivity contribution >= 4 is 10.8 Å². The molecule has 1 rings (SSSR count). The molecule has 1 atom stereocenters. The van der Waals surface area contributed by atoms with Gasteiger partial charge >= 0.3 is 0 Å². The van der Waals surface area contributed by atoms with Crippen LogP contribution < -0.4 is 5.32 Å². The summed E-state index contributed by atoms with van der Waals surface area (Å²) >= 11 is 0. The van der Waals surface area contributed by atoms with Crippen LogP contribution in [0.5, 0.6) is 0 Å². The normalized spacial score (nSPS) is 30.1. The SMILES string of the molecule is CC(CNC1CCS(=O)CC1)C(C)(C)C. The van der Waals surface area contributed by atoms with Gasteiger partial charge in [-0.25, -0.2) is 0 Å². The molecule has 0 spiro atoms. The molecule has 2 nitrogen and oxygen atoms in total. The Morgan fingerprint density at radius 1 is 1.33 bits per heavy atom. The van der Waals surface area contributed by atoms with E-state index in [1.165, 1.54) is 0 Å². The van der Waals surface area contributed by atoms with E-state index in [1.807, 2.05) is 0 Å². The lowest BCUT2D eigenvalue weighted by atomic mass is 9.82. The van der Waals surface area contributed by atoms with E-state index in [9.17, 15) is 4.21 Å². The van der Waals surface area contributed by atoms with E-state index >= 15 is 0 Å². The standard InChI is InChI=1S/C12H25NOS/c1-10(12(2,3)4)9-13-11-5-7-15(14)8-6-11/h10-11,13H,5-9H2,1-4H3. The number of nitrogens with one attached hydrogen (secondary N) is 1. The van der Waals surface area contributed by atoms with E-state index in [-0.39, 0.29) is 0 Å². The van der Waals surface area contributed by atoms with Crippen molar-refractivity contribution in [3.05, 3.63) is 0 Å². The van der Waals surface area contributed by atoms with Gasteiger partial charge in [0.1, 0.15) is 0 Å². The van der Waals surface area contributed by atoms with Gasteiger partial charge in [0.2, 0.25) is 0 Å². The first kappa shape index (κ1) is 13.2. The summed E-state index contributed by atoms with van der Waals surface area (Å²) in [4.78, 5) is 0. The minimum Gasteiger partial charge on any atom is -0.314 e. The molecule has 1 N–H and O–H groups in total. The van der Waals surface area contributed by atoms with Crippen LogP contribution in [0.3, 0.4) is 0 Å². The van der Waals surface area contributed by atoms with Gasteiger partial charge in [0.25, 0.3) is 0 Å². The fourth-order valence-corrected chi connectivity index (χ4v) is 2.95. The number of hydrogen-bond acceptors (Lipinski definition) is 2. The molecule has 0 aromatic rings. The first-order chi connectivity index (χ1) is 6.89. The van der Waals surface area contributed by atoms with Crippen LogP contribution in [0.25, 0.3) is 0 Å². The molecule has 1 saturated heterocycles. The van der Waals surface area contributed by atoms with Gasteiger partial charge in [-0.2, -0.15) is 0 Å². The van der Waals surface area contributed by atoms with Crippen molar-refractivity contribution in [1.29, 1.82) is 0 Å². The van der Waals surface area contributed by atoms with Crippen molar-refractivity contribution in [2.45, 2.75) is 46.6 Å². The first-order valence-electron chi connectivity index (χ1n) is 5.98. The zero-order valence-electron chi connectivity index (χ0n) is 10.5. The molecule has 3 heteroatoms. The lowest BCUT2D eigenvalue weighted by Gasteiger charge is -2.30. The average Bonchev–Trinajstić information content (AvgIpc) is 2.15. The van der Waals surface area contributed by atoms with Gasteiger partial charge in [-0.3, -0.25) is 4.21 Å². The largest absolute Gasteiger partial charge is 0.314 e. The Morgan fingerprint density at radius 2 is 1.87 bits per heavy atom. The minimum absolute atomic E-state index is 0.379. The van der Waals surface area contributed by atoms with Crippen LogP contribution in [0, 0.1) is 11.3 Å². The second-order valence-electron chi connectivity index (χ2n) is 5.80. The Morgan fingerprint density at radius 3 is 2.33 bits per heavy atom. The molecule has 1 heterocycles. The summed E-state index contributed by atoms with van der Waals surface area (Å²) in [5.41, 5.74) is 0.379. The summed E-state index contributed by atoms with van der Waals surface area (Å²) in [7, 11) is -0.532. The van der Waals surface area contributed by atoms with Gasteiger partial charge < -0.3 is 5.32 Å². The van der Waals surface area contributed by atoms with E-state index in [2.05, 4.69) is 33.0 Å². The van der Waals surface area contributed by atoms with Crippen LogP contribution in [0.4, 0.5) is 0 Å². The van der Waals surface area contributed by atoms with Crippen molar-refractivity contribution in [3.8, 4) is 0 Å². The summed E-state index contributed by atoms with van der Waals surface area (Å²) in [5.74, 6) is 2.47. The molecule has 1 fully saturated rings. The molecule has 0 bridgehead atoms. The van der Waals surface area contributed by atoms with Crippen LogP contribution in [0.15, 0.2) is 0 Å². The Kier molecular flexibility index (Phi) is 4.78. The van der Waals surface area contributed by atoms with E-state index in [1.54, 1.807) is 0 Å². The highest BCUT2D eigenvalue weighted by Gasteiger charge is 2.22. The molecular formula is C12H25NOS. The van der Waals surface area contributed by atoms with Crippen LogP contribution in [0.1, 0.15) is 40.5 Å². The summed E-state index contributed by atoms with van der Waals surface area (Å²) < 4.78 is 11.2. The van der Waals surface area contributed by atoms with Crippen LogP contribution in [-0.4, -0.2) is 28.3 Å². The molecular weight excluding hydrogens is 206 g/mol. The maximum Gasteiger partial charge on any atom is 0.0249 e. The van der Waals surface area contributed by atoms with Gasteiger partial charge in [-0.15, -0.1) is 0 Å². The lowest BCUT2D eigenvalue weighted by Crippen LogP contribution is -2.40. The molecule has 0 saturated carbocycles. The Bertz CT molecular complexity index is 212. The van der Waals surface area contributed by atoms with Gasteiger partial charge in [-0.05, 0) is 30.7 Å². The Labute approximate surface area is 96.7 Å². The Hall–Kier alpha value is 0.110.